The molecule has 1 heterocycles. The first-order valence-electron chi connectivity index (χ1n) is 8.78. The van der Waals surface area contributed by atoms with Crippen molar-refractivity contribution < 1.29 is 23.5 Å². The molecule has 0 amide bonds. The highest BCUT2D eigenvalue weighted by Gasteiger charge is 2.45. The third-order valence-electron chi connectivity index (χ3n) is 4.88. The molecule has 0 radical (unpaired) electrons. The van der Waals surface area contributed by atoms with Gasteiger partial charge in [0.1, 0.15) is 0 Å². The van der Waals surface area contributed by atoms with E-state index >= 15 is 0 Å². The van der Waals surface area contributed by atoms with Crippen molar-refractivity contribution in [3.05, 3.63) is 0 Å². The highest BCUT2D eigenvalue weighted by Crippen LogP contribution is 2.38. The molecule has 2 atom stereocenters. The highest BCUT2D eigenvalue weighted by molar-refractivity contribution is 6.74. The van der Waals surface area contributed by atoms with Crippen molar-refractivity contribution in [1.29, 1.82) is 0 Å². The second-order valence-electron chi connectivity index (χ2n) is 7.73. The molecule has 7 heteroatoms. The maximum atomic E-state index is 12.2. The Bertz CT molecular complexity index is 429. The lowest BCUT2D eigenvalue weighted by molar-refractivity contribution is -0.162. The molecule has 140 valence electrons. The molecule has 1 rings (SSSR count). The number of carbonyl (C=O) groups excluding carboxylic acids is 2. The van der Waals surface area contributed by atoms with Crippen molar-refractivity contribution in [1.82, 2.24) is 5.32 Å². The Morgan fingerprint density at radius 1 is 1.12 bits per heavy atom. The van der Waals surface area contributed by atoms with E-state index in [1.54, 1.807) is 13.8 Å². The van der Waals surface area contributed by atoms with Crippen molar-refractivity contribution in [3.63, 3.8) is 0 Å². The molecule has 1 saturated heterocycles. The average Bonchev–Trinajstić information content (AvgIpc) is 2.85. The van der Waals surface area contributed by atoms with Crippen LogP contribution in [0.2, 0.25) is 18.1 Å². The molecule has 1 aliphatic heterocycles. The van der Waals surface area contributed by atoms with Crippen LogP contribution in [-0.2, 0) is 23.5 Å². The summed E-state index contributed by atoms with van der Waals surface area (Å²) in [6.07, 6.45) is 0.608. The fraction of sp³-hybridized carbons (Fsp3) is 0.882. The second kappa shape index (κ2) is 8.45. The summed E-state index contributed by atoms with van der Waals surface area (Å²) in [5, 5.41) is 3.37. The number of ether oxygens (including phenoxy) is 2. The summed E-state index contributed by atoms with van der Waals surface area (Å²) in [5.41, 5.74) is 0. The van der Waals surface area contributed by atoms with Crippen LogP contribution >= 0.6 is 0 Å². The predicted molar refractivity (Wildman–Crippen MR) is 95.2 cm³/mol. The van der Waals surface area contributed by atoms with E-state index in [0.29, 0.717) is 13.0 Å². The van der Waals surface area contributed by atoms with E-state index in [1.807, 2.05) is 0 Å². The molecule has 0 aromatic heterocycles. The average molecular weight is 360 g/mol. The van der Waals surface area contributed by atoms with Crippen molar-refractivity contribution in [3.8, 4) is 0 Å². The largest absolute Gasteiger partial charge is 0.465 e. The maximum Gasteiger partial charge on any atom is 0.321 e. The molecule has 0 spiro atoms. The first-order valence-corrected chi connectivity index (χ1v) is 11.7. The van der Waals surface area contributed by atoms with Gasteiger partial charge in [-0.3, -0.25) is 9.59 Å². The van der Waals surface area contributed by atoms with E-state index in [0.717, 1.165) is 0 Å². The molecular formula is C17H33NO5Si. The molecule has 6 nitrogen and oxygen atoms in total. The first-order chi connectivity index (χ1) is 11.0. The van der Waals surface area contributed by atoms with Gasteiger partial charge in [-0.1, -0.05) is 20.8 Å². The molecule has 0 aliphatic carbocycles. The lowest BCUT2D eigenvalue weighted by Gasteiger charge is -2.38. The van der Waals surface area contributed by atoms with Crippen LogP contribution in [-0.4, -0.2) is 52.2 Å². The zero-order valence-electron chi connectivity index (χ0n) is 16.1. The summed E-state index contributed by atoms with van der Waals surface area (Å²) >= 11 is 0. The quantitative estimate of drug-likeness (QED) is 0.428. The fourth-order valence-electron chi connectivity index (χ4n) is 2.56. The molecule has 0 aromatic rings. The van der Waals surface area contributed by atoms with Gasteiger partial charge in [-0.15, -0.1) is 0 Å². The first kappa shape index (κ1) is 21.1. The molecule has 1 aliphatic rings. The second-order valence-corrected chi connectivity index (χ2v) is 12.5. The van der Waals surface area contributed by atoms with Crippen LogP contribution < -0.4 is 5.32 Å². The van der Waals surface area contributed by atoms with Gasteiger partial charge in [0.05, 0.1) is 19.3 Å². The lowest BCUT2D eigenvalue weighted by atomic mass is 9.98. The van der Waals surface area contributed by atoms with Gasteiger partial charge in [0.25, 0.3) is 0 Å². The lowest BCUT2D eigenvalue weighted by Crippen LogP contribution is -2.44. The maximum absolute atomic E-state index is 12.2. The Morgan fingerprint density at radius 3 is 2.04 bits per heavy atom. The van der Waals surface area contributed by atoms with E-state index in [1.165, 1.54) is 0 Å². The van der Waals surface area contributed by atoms with Gasteiger partial charge in [-0.25, -0.2) is 0 Å². The topological polar surface area (TPSA) is 73.9 Å². The summed E-state index contributed by atoms with van der Waals surface area (Å²) in [6.45, 7) is 15.6. The number of hydrogen-bond donors (Lipinski definition) is 1. The van der Waals surface area contributed by atoms with E-state index in [-0.39, 0.29) is 30.4 Å². The van der Waals surface area contributed by atoms with Crippen LogP contribution in [0.25, 0.3) is 0 Å². The summed E-state index contributed by atoms with van der Waals surface area (Å²) in [6, 6.07) is -0.308. The smallest absolute Gasteiger partial charge is 0.321 e. The van der Waals surface area contributed by atoms with Gasteiger partial charge in [-0.2, -0.15) is 0 Å². The number of carbonyl (C=O) groups is 2. The standard InChI is InChI=1S/C17H33NO5Si/c1-8-21-15(19)14(16(20)22-9-2)13-10-12(11-18-13)23-24(6,7)17(3,4)5/h12-14,18H,8-11H2,1-7H3/t12-,13+/m1/s1. The molecule has 1 fully saturated rings. The van der Waals surface area contributed by atoms with Crippen LogP contribution in [0.1, 0.15) is 41.0 Å². The number of hydrogen-bond acceptors (Lipinski definition) is 6. The van der Waals surface area contributed by atoms with E-state index in [2.05, 4.69) is 39.2 Å². The van der Waals surface area contributed by atoms with Crippen LogP contribution in [0.3, 0.4) is 0 Å². The minimum absolute atomic E-state index is 0.00208. The predicted octanol–water partition coefficient (Wildman–Crippen LogP) is 2.48. The van der Waals surface area contributed by atoms with Gasteiger partial charge >= 0.3 is 11.9 Å². The molecule has 0 saturated carbocycles. The normalized spacial score (nSPS) is 21.8. The van der Waals surface area contributed by atoms with E-state index in [4.69, 9.17) is 13.9 Å². The van der Waals surface area contributed by atoms with Gasteiger partial charge in [-0.05, 0) is 38.4 Å². The summed E-state index contributed by atoms with van der Waals surface area (Å²) in [7, 11) is -1.89. The SMILES string of the molecule is CCOC(=O)C(C(=O)OCC)[C@@H]1C[C@@H](O[Si](C)(C)C(C)(C)C)CN1. The van der Waals surface area contributed by atoms with Gasteiger partial charge < -0.3 is 19.2 Å². The molecule has 1 N–H and O–H groups in total. The Hall–Kier alpha value is -0.923. The molecular weight excluding hydrogens is 326 g/mol. The van der Waals surface area contributed by atoms with Gasteiger partial charge in [0.15, 0.2) is 14.2 Å². The van der Waals surface area contributed by atoms with Crippen LogP contribution in [0, 0.1) is 5.92 Å². The van der Waals surface area contributed by atoms with Gasteiger partial charge in [0, 0.05) is 12.6 Å². The molecule has 0 unspecified atom stereocenters. The van der Waals surface area contributed by atoms with Crippen LogP contribution in [0.15, 0.2) is 0 Å². The third kappa shape index (κ3) is 5.29. The molecule has 0 aromatic carbocycles. The van der Waals surface area contributed by atoms with Crippen LogP contribution in [0.5, 0.6) is 0 Å². The number of nitrogens with one attached hydrogen (secondary N) is 1. The van der Waals surface area contributed by atoms with Gasteiger partial charge in [0.2, 0.25) is 0 Å². The van der Waals surface area contributed by atoms with E-state index in [9.17, 15) is 9.59 Å². The third-order valence-corrected chi connectivity index (χ3v) is 9.41. The monoisotopic (exact) mass is 359 g/mol. The molecule has 0 bridgehead atoms. The van der Waals surface area contributed by atoms with Crippen molar-refractivity contribution in [2.45, 2.75) is 71.3 Å². The van der Waals surface area contributed by atoms with E-state index < -0.39 is 26.2 Å². The van der Waals surface area contributed by atoms with Crippen LogP contribution in [0.4, 0.5) is 0 Å². The Morgan fingerprint density at radius 2 is 1.62 bits per heavy atom. The number of rotatable bonds is 7. The Labute approximate surface area is 146 Å². The zero-order chi connectivity index (χ0) is 18.5. The van der Waals surface area contributed by atoms with Crippen molar-refractivity contribution in [2.24, 2.45) is 5.92 Å². The summed E-state index contributed by atoms with van der Waals surface area (Å²) < 4.78 is 16.5. The minimum Gasteiger partial charge on any atom is -0.465 e. The highest BCUT2D eigenvalue weighted by atomic mass is 28.4. The Kier molecular flexibility index (Phi) is 7.43. The molecule has 24 heavy (non-hydrogen) atoms. The minimum atomic E-state index is -1.89. The summed E-state index contributed by atoms with van der Waals surface area (Å²) in [4.78, 5) is 24.4. The fourth-order valence-corrected chi connectivity index (χ4v) is 3.93. The summed E-state index contributed by atoms with van der Waals surface area (Å²) in [5.74, 6) is -1.99. The van der Waals surface area contributed by atoms with Crippen molar-refractivity contribution >= 4 is 20.3 Å². The Balaban J connectivity index is 2.79. The number of esters is 2. The van der Waals surface area contributed by atoms with Crippen molar-refractivity contribution in [2.75, 3.05) is 19.8 Å². The zero-order valence-corrected chi connectivity index (χ0v) is 17.1.